The fourth-order valence-electron chi connectivity index (χ4n) is 2.98. The van der Waals surface area contributed by atoms with E-state index < -0.39 is 11.8 Å². The van der Waals surface area contributed by atoms with E-state index in [9.17, 15) is 9.59 Å². The molecule has 1 heterocycles. The summed E-state index contributed by atoms with van der Waals surface area (Å²) >= 11 is 5.22. The van der Waals surface area contributed by atoms with Crippen molar-refractivity contribution >= 4 is 40.9 Å². The Morgan fingerprint density at radius 2 is 1.59 bits per heavy atom. The molecule has 0 saturated carbocycles. The summed E-state index contributed by atoms with van der Waals surface area (Å²) in [7, 11) is 4.46. The lowest BCUT2D eigenvalue weighted by Gasteiger charge is -2.29. The van der Waals surface area contributed by atoms with Crippen molar-refractivity contribution in [1.82, 2.24) is 5.32 Å². The van der Waals surface area contributed by atoms with E-state index >= 15 is 0 Å². The van der Waals surface area contributed by atoms with Crippen LogP contribution < -0.4 is 24.4 Å². The third-order valence-corrected chi connectivity index (χ3v) is 4.71. The molecular weight excluding hydrogens is 392 g/mol. The zero-order valence-electron chi connectivity index (χ0n) is 16.4. The molecule has 1 aliphatic heterocycles. The molecule has 1 aliphatic rings. The molecule has 0 atom stereocenters. The minimum Gasteiger partial charge on any atom is -0.493 e. The number of thiocarbonyl (C=S) groups is 1. The summed E-state index contributed by atoms with van der Waals surface area (Å²) in [5, 5.41) is 2.59. The van der Waals surface area contributed by atoms with Gasteiger partial charge >= 0.3 is 0 Å². The Balaban J connectivity index is 2.08. The molecule has 2 aromatic rings. The molecule has 0 bridgehead atoms. The highest BCUT2D eigenvalue weighted by Gasteiger charge is 2.34. The fourth-order valence-corrected chi connectivity index (χ4v) is 3.26. The first kappa shape index (κ1) is 20.3. The number of ether oxygens (including phenoxy) is 3. The molecule has 0 unspecified atom stereocenters. The third kappa shape index (κ3) is 3.79. The van der Waals surface area contributed by atoms with Crippen molar-refractivity contribution in [2.75, 3.05) is 26.2 Å². The molecule has 2 aromatic carbocycles. The average molecular weight is 412 g/mol. The van der Waals surface area contributed by atoms with E-state index in [0.717, 1.165) is 5.56 Å². The van der Waals surface area contributed by atoms with Gasteiger partial charge in [0.1, 0.15) is 5.57 Å². The lowest BCUT2D eigenvalue weighted by molar-refractivity contribution is -0.122. The standard InChI is InChI=1S/C21H20N2O5S/c1-12-5-8-14(9-6-12)23-20(25)15(19(24)22-21(23)29)11-13-7-10-16(26-2)18(28-4)17(13)27-3/h5-11H,1-4H3,(H,22,24,29)/b15-11-. The van der Waals surface area contributed by atoms with Gasteiger partial charge in [0.15, 0.2) is 16.6 Å². The van der Waals surface area contributed by atoms with Crippen molar-refractivity contribution in [3.05, 3.63) is 53.1 Å². The van der Waals surface area contributed by atoms with Crippen molar-refractivity contribution < 1.29 is 23.8 Å². The van der Waals surface area contributed by atoms with Crippen LogP contribution in [0.5, 0.6) is 17.2 Å². The molecule has 150 valence electrons. The molecule has 1 fully saturated rings. The van der Waals surface area contributed by atoms with Crippen LogP contribution in [0, 0.1) is 6.92 Å². The first-order valence-electron chi connectivity index (χ1n) is 8.68. The number of hydrogen-bond donors (Lipinski definition) is 1. The van der Waals surface area contributed by atoms with Crippen LogP contribution in [0.3, 0.4) is 0 Å². The van der Waals surface area contributed by atoms with E-state index in [-0.39, 0.29) is 10.7 Å². The van der Waals surface area contributed by atoms with Crippen molar-refractivity contribution in [3.8, 4) is 17.2 Å². The molecular formula is C21H20N2O5S. The van der Waals surface area contributed by atoms with Crippen LogP contribution in [0.4, 0.5) is 5.69 Å². The highest BCUT2D eigenvalue weighted by molar-refractivity contribution is 7.80. The summed E-state index contributed by atoms with van der Waals surface area (Å²) in [5.74, 6) is 0.0573. The van der Waals surface area contributed by atoms with Gasteiger partial charge in [-0.15, -0.1) is 0 Å². The molecule has 29 heavy (non-hydrogen) atoms. The van der Waals surface area contributed by atoms with Gasteiger partial charge in [-0.05, 0) is 49.5 Å². The summed E-state index contributed by atoms with van der Waals surface area (Å²) in [4.78, 5) is 26.9. The number of methoxy groups -OCH3 is 3. The number of hydrogen-bond acceptors (Lipinski definition) is 6. The van der Waals surface area contributed by atoms with E-state index in [1.165, 1.54) is 32.3 Å². The number of amides is 2. The monoisotopic (exact) mass is 412 g/mol. The SMILES string of the molecule is COc1ccc(/C=C2/C(=O)NC(=S)N(c3ccc(C)cc3)C2=O)c(OC)c1OC. The zero-order chi connectivity index (χ0) is 21.1. The number of carbonyl (C=O) groups is 2. The maximum atomic E-state index is 13.1. The summed E-state index contributed by atoms with van der Waals surface area (Å²) in [6, 6.07) is 10.6. The van der Waals surface area contributed by atoms with Gasteiger partial charge in [-0.3, -0.25) is 19.8 Å². The normalized spacial score (nSPS) is 15.4. The van der Waals surface area contributed by atoms with Crippen LogP contribution in [-0.4, -0.2) is 38.3 Å². The second-order valence-electron chi connectivity index (χ2n) is 6.22. The number of benzene rings is 2. The minimum absolute atomic E-state index is 0.0280. The highest BCUT2D eigenvalue weighted by atomic mass is 32.1. The lowest BCUT2D eigenvalue weighted by atomic mass is 10.0. The second kappa shape index (κ2) is 8.32. The maximum Gasteiger partial charge on any atom is 0.270 e. The van der Waals surface area contributed by atoms with Crippen LogP contribution in [-0.2, 0) is 9.59 Å². The van der Waals surface area contributed by atoms with Gasteiger partial charge < -0.3 is 14.2 Å². The number of nitrogens with one attached hydrogen (secondary N) is 1. The molecule has 1 saturated heterocycles. The summed E-state index contributed by atoms with van der Waals surface area (Å²) in [5.41, 5.74) is 2.01. The van der Waals surface area contributed by atoms with Crippen molar-refractivity contribution in [1.29, 1.82) is 0 Å². The number of aryl methyl sites for hydroxylation is 1. The van der Waals surface area contributed by atoms with Crippen LogP contribution in [0.1, 0.15) is 11.1 Å². The van der Waals surface area contributed by atoms with E-state index in [4.69, 9.17) is 26.4 Å². The predicted molar refractivity (Wildman–Crippen MR) is 113 cm³/mol. The topological polar surface area (TPSA) is 77.1 Å². The van der Waals surface area contributed by atoms with Gasteiger partial charge in [0, 0.05) is 5.56 Å². The van der Waals surface area contributed by atoms with Crippen LogP contribution in [0.25, 0.3) is 6.08 Å². The largest absolute Gasteiger partial charge is 0.493 e. The fraction of sp³-hybridized carbons (Fsp3) is 0.190. The molecule has 3 rings (SSSR count). The molecule has 0 aliphatic carbocycles. The van der Waals surface area contributed by atoms with E-state index in [1.54, 1.807) is 24.3 Å². The number of nitrogens with zero attached hydrogens (tertiary/aromatic N) is 1. The first-order valence-corrected chi connectivity index (χ1v) is 9.09. The molecule has 0 radical (unpaired) electrons. The van der Waals surface area contributed by atoms with Gasteiger partial charge in [-0.2, -0.15) is 0 Å². The van der Waals surface area contributed by atoms with Gasteiger partial charge in [0.2, 0.25) is 5.75 Å². The Hall–Kier alpha value is -3.39. The third-order valence-electron chi connectivity index (χ3n) is 4.43. The van der Waals surface area contributed by atoms with Crippen molar-refractivity contribution in [2.45, 2.75) is 6.92 Å². The Morgan fingerprint density at radius 1 is 0.931 bits per heavy atom. The molecule has 0 aromatic heterocycles. The van der Waals surface area contributed by atoms with Crippen molar-refractivity contribution in [2.24, 2.45) is 0 Å². The van der Waals surface area contributed by atoms with Gasteiger partial charge in [0.25, 0.3) is 11.8 Å². The van der Waals surface area contributed by atoms with E-state index in [0.29, 0.717) is 28.5 Å². The van der Waals surface area contributed by atoms with Gasteiger partial charge in [-0.1, -0.05) is 17.7 Å². The molecule has 2 amide bonds. The summed E-state index contributed by atoms with van der Waals surface area (Å²) in [6.07, 6.45) is 1.45. The van der Waals surface area contributed by atoms with Crippen LogP contribution >= 0.6 is 12.2 Å². The Kier molecular flexibility index (Phi) is 5.84. The second-order valence-corrected chi connectivity index (χ2v) is 6.60. The number of rotatable bonds is 5. The summed E-state index contributed by atoms with van der Waals surface area (Å²) in [6.45, 7) is 1.94. The van der Waals surface area contributed by atoms with E-state index in [1.807, 2.05) is 19.1 Å². The van der Waals surface area contributed by atoms with Crippen molar-refractivity contribution in [3.63, 3.8) is 0 Å². The maximum absolute atomic E-state index is 13.1. The average Bonchev–Trinajstić information content (AvgIpc) is 2.71. The highest BCUT2D eigenvalue weighted by Crippen LogP contribution is 2.40. The van der Waals surface area contributed by atoms with Crippen LogP contribution in [0.2, 0.25) is 0 Å². The van der Waals surface area contributed by atoms with Gasteiger partial charge in [0.05, 0.1) is 27.0 Å². The quantitative estimate of drug-likeness (QED) is 0.462. The number of carbonyl (C=O) groups excluding carboxylic acids is 2. The summed E-state index contributed by atoms with van der Waals surface area (Å²) < 4.78 is 16.1. The molecule has 8 heteroatoms. The van der Waals surface area contributed by atoms with Gasteiger partial charge in [-0.25, -0.2) is 0 Å². The molecule has 0 spiro atoms. The predicted octanol–water partition coefficient (Wildman–Crippen LogP) is 2.85. The molecule has 1 N–H and O–H groups in total. The molecule has 7 nitrogen and oxygen atoms in total. The van der Waals surface area contributed by atoms with Crippen LogP contribution in [0.15, 0.2) is 42.0 Å². The first-order chi connectivity index (χ1) is 13.9. The number of anilines is 1. The zero-order valence-corrected chi connectivity index (χ0v) is 17.3. The van der Waals surface area contributed by atoms with E-state index in [2.05, 4.69) is 5.32 Å². The Labute approximate surface area is 173 Å². The lowest BCUT2D eigenvalue weighted by Crippen LogP contribution is -2.54. The smallest absolute Gasteiger partial charge is 0.270 e. The minimum atomic E-state index is -0.583. The Morgan fingerprint density at radius 3 is 2.17 bits per heavy atom. The Bertz CT molecular complexity index is 1010.